The van der Waals surface area contributed by atoms with Crippen LogP contribution < -0.4 is 15.8 Å². The van der Waals surface area contributed by atoms with Gasteiger partial charge in [-0.25, -0.2) is 10.0 Å². The Bertz CT molecular complexity index is 798. The van der Waals surface area contributed by atoms with Crippen molar-refractivity contribution in [3.63, 3.8) is 0 Å². The smallest absolute Gasteiger partial charge is 0.243 e. The molecule has 2 amide bonds. The molecule has 28 heavy (non-hydrogen) atoms. The predicted octanol–water partition coefficient (Wildman–Crippen LogP) is 2.18. The molecule has 0 unspecified atom stereocenters. The number of anilines is 2. The van der Waals surface area contributed by atoms with Gasteiger partial charge in [-0.1, -0.05) is 38.3 Å². The zero-order chi connectivity index (χ0) is 20.5. The molecule has 0 aliphatic rings. The number of carbonyl (C=O) groups is 2. The van der Waals surface area contributed by atoms with Crippen molar-refractivity contribution < 1.29 is 14.8 Å². The van der Waals surface area contributed by atoms with Crippen LogP contribution in [0.2, 0.25) is 0 Å². The zero-order valence-corrected chi connectivity index (χ0v) is 16.6. The largest absolute Gasteiger partial charge is 0.347 e. The van der Waals surface area contributed by atoms with Gasteiger partial charge in [0.25, 0.3) is 0 Å². The lowest BCUT2D eigenvalue weighted by molar-refractivity contribution is -0.154. The first kappa shape index (κ1) is 21.4. The van der Waals surface area contributed by atoms with Gasteiger partial charge in [0.1, 0.15) is 0 Å². The van der Waals surface area contributed by atoms with E-state index in [1.54, 1.807) is 4.90 Å². The van der Waals surface area contributed by atoms with Gasteiger partial charge >= 0.3 is 0 Å². The second kappa shape index (κ2) is 10.4. The summed E-state index contributed by atoms with van der Waals surface area (Å²) < 4.78 is 0. The van der Waals surface area contributed by atoms with Gasteiger partial charge in [0.2, 0.25) is 18.3 Å². The molecule has 0 aliphatic carbocycles. The van der Waals surface area contributed by atoms with Gasteiger partial charge in [0, 0.05) is 19.5 Å². The van der Waals surface area contributed by atoms with Crippen molar-refractivity contribution >= 4 is 35.0 Å². The number of fused-ring (bicyclic) bond motifs is 1. The van der Waals surface area contributed by atoms with E-state index in [9.17, 15) is 14.8 Å². The summed E-state index contributed by atoms with van der Waals surface area (Å²) in [5.41, 5.74) is 6.29. The number of rotatable bonds is 11. The lowest BCUT2D eigenvalue weighted by Crippen LogP contribution is -2.40. The number of hydrogen-bond donors (Lipinski definition) is 3. The molecule has 0 saturated heterocycles. The number of benzene rings is 1. The third kappa shape index (κ3) is 5.78. The van der Waals surface area contributed by atoms with Crippen molar-refractivity contribution in [2.45, 2.75) is 32.6 Å². The Kier molecular flexibility index (Phi) is 7.94. The highest BCUT2D eigenvalue weighted by Crippen LogP contribution is 2.22. The number of unbranched alkanes of at least 4 members (excludes halogenated alkanes) is 2. The summed E-state index contributed by atoms with van der Waals surface area (Å²) in [6, 6.07) is 7.49. The molecule has 1 atom stereocenters. The first-order valence-corrected chi connectivity index (χ1v) is 9.37. The van der Waals surface area contributed by atoms with E-state index in [-0.39, 0.29) is 12.5 Å². The predicted molar refractivity (Wildman–Crippen MR) is 108 cm³/mol. The second-order valence-corrected chi connectivity index (χ2v) is 6.82. The van der Waals surface area contributed by atoms with Gasteiger partial charge in [0.05, 0.1) is 18.0 Å². The van der Waals surface area contributed by atoms with Crippen molar-refractivity contribution in [1.29, 1.82) is 0 Å². The molecule has 1 heterocycles. The Balaban J connectivity index is 2.15. The number of hydrazine groups is 1. The number of hydrogen-bond acceptors (Lipinski definition) is 7. The summed E-state index contributed by atoms with van der Waals surface area (Å²) in [6.07, 6.45) is 3.70. The van der Waals surface area contributed by atoms with Crippen molar-refractivity contribution in [1.82, 2.24) is 20.5 Å². The normalized spacial score (nSPS) is 11.7. The van der Waals surface area contributed by atoms with Crippen LogP contribution in [-0.4, -0.2) is 53.2 Å². The SMILES string of the molecule is CCCCC[C@@H](CN(O)C=O)C(=O)NNc1nc(N(C)C)nc2ccccc12. The van der Waals surface area contributed by atoms with Gasteiger partial charge in [-0.3, -0.25) is 25.6 Å². The average Bonchev–Trinajstić information content (AvgIpc) is 2.70. The molecule has 0 fully saturated rings. The van der Waals surface area contributed by atoms with Crippen LogP contribution in [0.3, 0.4) is 0 Å². The van der Waals surface area contributed by atoms with Crippen LogP contribution in [0.15, 0.2) is 24.3 Å². The van der Waals surface area contributed by atoms with Crippen LogP contribution in [-0.2, 0) is 9.59 Å². The quantitative estimate of drug-likeness (QED) is 0.234. The van der Waals surface area contributed by atoms with Crippen LogP contribution in [0.25, 0.3) is 10.9 Å². The maximum absolute atomic E-state index is 12.6. The average molecular weight is 388 g/mol. The molecule has 9 nitrogen and oxygen atoms in total. The van der Waals surface area contributed by atoms with E-state index < -0.39 is 5.92 Å². The Hall–Kier alpha value is -2.94. The molecule has 0 bridgehead atoms. The fourth-order valence-electron chi connectivity index (χ4n) is 2.80. The molecule has 2 rings (SSSR count). The van der Waals surface area contributed by atoms with Gasteiger partial charge in [0.15, 0.2) is 5.82 Å². The molecule has 0 aliphatic heterocycles. The standard InChI is InChI=1S/C19H28N6O3/c1-4-5-6-9-14(12-25(28)13-26)18(27)23-22-17-15-10-7-8-11-16(15)20-19(21-17)24(2)3/h7-8,10-11,13-14,28H,4-6,9,12H2,1-3H3,(H,23,27)(H,20,21,22)/t14-/m0/s1. The van der Waals surface area contributed by atoms with Gasteiger partial charge in [-0.05, 0) is 18.6 Å². The van der Waals surface area contributed by atoms with Crippen molar-refractivity contribution in [3.8, 4) is 0 Å². The molecular weight excluding hydrogens is 360 g/mol. The maximum Gasteiger partial charge on any atom is 0.243 e. The molecular formula is C19H28N6O3. The minimum absolute atomic E-state index is 0.0613. The first-order valence-electron chi connectivity index (χ1n) is 9.37. The highest BCUT2D eigenvalue weighted by molar-refractivity contribution is 5.91. The minimum atomic E-state index is -0.532. The topological polar surface area (TPSA) is 111 Å². The first-order chi connectivity index (χ1) is 13.5. The number of para-hydroxylation sites is 1. The zero-order valence-electron chi connectivity index (χ0n) is 16.6. The van der Waals surface area contributed by atoms with E-state index in [2.05, 4.69) is 27.7 Å². The van der Waals surface area contributed by atoms with Crippen LogP contribution in [0, 0.1) is 5.92 Å². The van der Waals surface area contributed by atoms with Gasteiger partial charge < -0.3 is 4.90 Å². The molecule has 9 heteroatoms. The number of amides is 2. The second-order valence-electron chi connectivity index (χ2n) is 6.82. The monoisotopic (exact) mass is 388 g/mol. The highest BCUT2D eigenvalue weighted by atomic mass is 16.5. The Morgan fingerprint density at radius 1 is 1.25 bits per heavy atom. The molecule has 0 spiro atoms. The summed E-state index contributed by atoms with van der Waals surface area (Å²) in [5, 5.41) is 10.8. The Morgan fingerprint density at radius 3 is 2.68 bits per heavy atom. The van der Waals surface area contributed by atoms with Crippen LogP contribution in [0.5, 0.6) is 0 Å². The van der Waals surface area contributed by atoms with E-state index in [0.29, 0.717) is 29.7 Å². The van der Waals surface area contributed by atoms with E-state index in [1.807, 2.05) is 38.4 Å². The number of nitrogens with one attached hydrogen (secondary N) is 2. The lowest BCUT2D eigenvalue weighted by Gasteiger charge is -2.20. The number of carbonyl (C=O) groups excluding carboxylic acids is 2. The third-order valence-electron chi connectivity index (χ3n) is 4.35. The summed E-state index contributed by atoms with van der Waals surface area (Å²) in [5.74, 6) is 0.144. The van der Waals surface area contributed by atoms with Crippen molar-refractivity contribution in [2.75, 3.05) is 31.0 Å². The molecule has 2 aromatic rings. The maximum atomic E-state index is 12.6. The van der Waals surface area contributed by atoms with E-state index in [4.69, 9.17) is 0 Å². The van der Waals surface area contributed by atoms with E-state index in [1.165, 1.54) is 0 Å². The molecule has 1 aromatic heterocycles. The van der Waals surface area contributed by atoms with Crippen LogP contribution >= 0.6 is 0 Å². The van der Waals surface area contributed by atoms with Crippen LogP contribution in [0.4, 0.5) is 11.8 Å². The lowest BCUT2D eigenvalue weighted by atomic mass is 10.0. The van der Waals surface area contributed by atoms with Crippen molar-refractivity contribution in [2.24, 2.45) is 5.92 Å². The highest BCUT2D eigenvalue weighted by Gasteiger charge is 2.21. The summed E-state index contributed by atoms with van der Waals surface area (Å²) >= 11 is 0. The van der Waals surface area contributed by atoms with E-state index >= 15 is 0 Å². The molecule has 0 saturated carbocycles. The van der Waals surface area contributed by atoms with Gasteiger partial charge in [-0.2, -0.15) is 4.98 Å². The number of aromatic nitrogens is 2. The summed E-state index contributed by atoms with van der Waals surface area (Å²) in [6.45, 7) is 2.01. The van der Waals surface area contributed by atoms with Gasteiger partial charge in [-0.15, -0.1) is 0 Å². The molecule has 3 N–H and O–H groups in total. The fourth-order valence-corrected chi connectivity index (χ4v) is 2.80. The van der Waals surface area contributed by atoms with Crippen molar-refractivity contribution in [3.05, 3.63) is 24.3 Å². The van der Waals surface area contributed by atoms with Crippen LogP contribution in [0.1, 0.15) is 32.6 Å². The van der Waals surface area contributed by atoms with E-state index in [0.717, 1.165) is 30.2 Å². The number of nitrogens with zero attached hydrogens (tertiary/aromatic N) is 4. The molecule has 152 valence electrons. The summed E-state index contributed by atoms with van der Waals surface area (Å²) in [7, 11) is 3.68. The Morgan fingerprint density at radius 2 is 2.00 bits per heavy atom. The number of hydroxylamine groups is 2. The molecule has 1 aromatic carbocycles. The third-order valence-corrected chi connectivity index (χ3v) is 4.35. The fraction of sp³-hybridized carbons (Fsp3) is 0.474. The Labute approximate surface area is 164 Å². The minimum Gasteiger partial charge on any atom is -0.347 e. The molecule has 0 radical (unpaired) electrons. The summed E-state index contributed by atoms with van der Waals surface area (Å²) in [4.78, 5) is 34.1.